The summed E-state index contributed by atoms with van der Waals surface area (Å²) in [7, 11) is 0. The van der Waals surface area contributed by atoms with Crippen molar-refractivity contribution in [1.29, 1.82) is 0 Å². The Bertz CT molecular complexity index is 1740. The first-order valence-electron chi connectivity index (χ1n) is 14.2. The van der Waals surface area contributed by atoms with Gasteiger partial charge in [-0.25, -0.2) is 9.07 Å². The van der Waals surface area contributed by atoms with E-state index in [1.807, 2.05) is 47.1 Å². The average molecular weight is 620 g/mol. The maximum atomic E-state index is 13.7. The number of rotatable bonds is 8. The van der Waals surface area contributed by atoms with Crippen molar-refractivity contribution in [2.45, 2.75) is 31.0 Å². The molecule has 4 heterocycles. The first-order valence-corrected chi connectivity index (χ1v) is 15.0. The summed E-state index contributed by atoms with van der Waals surface area (Å²) in [6.45, 7) is 3.75. The zero-order valence-corrected chi connectivity index (χ0v) is 24.6. The van der Waals surface area contributed by atoms with Gasteiger partial charge in [0.05, 0.1) is 48.8 Å². The highest BCUT2D eigenvalue weighted by molar-refractivity contribution is 6.31. The number of hydrogen-bond donors (Lipinski definition) is 2. The van der Waals surface area contributed by atoms with Crippen LogP contribution in [0, 0.1) is 5.82 Å². The van der Waals surface area contributed by atoms with Gasteiger partial charge in [-0.1, -0.05) is 46.6 Å². The van der Waals surface area contributed by atoms with E-state index in [-0.39, 0.29) is 11.1 Å². The van der Waals surface area contributed by atoms with E-state index >= 15 is 0 Å². The minimum Gasteiger partial charge on any atom is -0.378 e. The van der Waals surface area contributed by atoms with Gasteiger partial charge in [-0.15, -0.1) is 10.2 Å². The molecule has 12 heteroatoms. The number of nitrogens with zero attached hydrogens (tertiary/aromatic N) is 6. The summed E-state index contributed by atoms with van der Waals surface area (Å²) in [4.78, 5) is 2.52. The number of halogens is 3. The van der Waals surface area contributed by atoms with Crippen LogP contribution in [0.25, 0.3) is 10.8 Å². The second kappa shape index (κ2) is 12.0. The van der Waals surface area contributed by atoms with Gasteiger partial charge >= 0.3 is 0 Å². The molecule has 0 amide bonds. The normalized spacial score (nSPS) is 17.1. The molecule has 0 spiro atoms. The minimum atomic E-state index is -0.484. The van der Waals surface area contributed by atoms with E-state index in [1.54, 1.807) is 12.3 Å². The molecule has 2 fully saturated rings. The number of hydrogen-bond acceptors (Lipinski definition) is 8. The highest BCUT2D eigenvalue weighted by atomic mass is 35.5. The number of piperidine rings is 1. The van der Waals surface area contributed by atoms with Crippen LogP contribution in [0.2, 0.25) is 10.0 Å². The number of likely N-dealkylation sites (tertiary alicyclic amines) is 1. The molecule has 1 atom stereocenters. The second-order valence-corrected chi connectivity index (χ2v) is 11.8. The second-order valence-electron chi connectivity index (χ2n) is 11.0. The molecular formula is C31H29Cl2FN8O. The van der Waals surface area contributed by atoms with Gasteiger partial charge in [-0.3, -0.25) is 4.90 Å². The van der Waals surface area contributed by atoms with Crippen LogP contribution in [0.5, 0.6) is 0 Å². The smallest absolute Gasteiger partial charge is 0.161 e. The van der Waals surface area contributed by atoms with Crippen LogP contribution in [0.3, 0.4) is 0 Å². The molecule has 2 aliphatic heterocycles. The van der Waals surface area contributed by atoms with Crippen molar-refractivity contribution in [2.75, 3.05) is 36.9 Å². The lowest BCUT2D eigenvalue weighted by molar-refractivity contribution is -0.0734. The molecule has 7 rings (SSSR count). The van der Waals surface area contributed by atoms with Crippen molar-refractivity contribution in [3.05, 3.63) is 100 Å². The Balaban J connectivity index is 1.16. The molecule has 2 aliphatic rings. The molecule has 2 saturated heterocycles. The summed E-state index contributed by atoms with van der Waals surface area (Å²) in [5.41, 5.74) is 3.27. The van der Waals surface area contributed by atoms with E-state index in [1.165, 1.54) is 12.1 Å². The summed E-state index contributed by atoms with van der Waals surface area (Å²) in [6, 6.07) is 18.7. The third kappa shape index (κ3) is 6.01. The molecule has 9 nitrogen and oxygen atoms in total. The molecule has 220 valence electrons. The Labute approximate surface area is 258 Å². The van der Waals surface area contributed by atoms with Gasteiger partial charge < -0.3 is 15.4 Å². The lowest BCUT2D eigenvalue weighted by Gasteiger charge is -2.41. The Morgan fingerprint density at radius 3 is 2.44 bits per heavy atom. The number of fused-ring (bicyclic) bond motifs is 1. The first-order chi connectivity index (χ1) is 21.0. The molecule has 0 aliphatic carbocycles. The lowest BCUT2D eigenvalue weighted by atomic mass is 10.0. The molecule has 5 aromatic rings. The van der Waals surface area contributed by atoms with Gasteiger partial charge in [0.2, 0.25) is 0 Å². The molecule has 43 heavy (non-hydrogen) atoms. The molecular weight excluding hydrogens is 590 g/mol. The summed E-state index contributed by atoms with van der Waals surface area (Å²) in [6.07, 6.45) is 5.81. The monoisotopic (exact) mass is 618 g/mol. The lowest BCUT2D eigenvalue weighted by Crippen LogP contribution is -2.51. The van der Waals surface area contributed by atoms with Gasteiger partial charge in [-0.2, -0.15) is 5.10 Å². The number of anilines is 3. The van der Waals surface area contributed by atoms with Crippen LogP contribution in [0.4, 0.5) is 21.6 Å². The summed E-state index contributed by atoms with van der Waals surface area (Å²) < 4.78 is 21.1. The number of aromatic nitrogens is 5. The van der Waals surface area contributed by atoms with Gasteiger partial charge in [0.15, 0.2) is 5.82 Å². The predicted octanol–water partition coefficient (Wildman–Crippen LogP) is 6.65. The van der Waals surface area contributed by atoms with Crippen molar-refractivity contribution in [1.82, 2.24) is 30.1 Å². The SMILES string of the molecule is Fc1ccc(Nc2nncc3ccc(N[C@@H](c4ccc(Cl)cc4)c4cn(C5CCN(C6COC6)CC5)nn4)cc23)cc1Cl. The van der Waals surface area contributed by atoms with Crippen LogP contribution in [-0.4, -0.2) is 62.4 Å². The predicted molar refractivity (Wildman–Crippen MR) is 166 cm³/mol. The number of nitrogens with one attached hydrogen (secondary N) is 2. The summed E-state index contributed by atoms with van der Waals surface area (Å²) >= 11 is 12.2. The van der Waals surface area contributed by atoms with E-state index in [4.69, 9.17) is 27.9 Å². The molecule has 0 radical (unpaired) electrons. The van der Waals surface area contributed by atoms with Crippen molar-refractivity contribution in [3.63, 3.8) is 0 Å². The van der Waals surface area contributed by atoms with Crippen molar-refractivity contribution < 1.29 is 9.13 Å². The molecule has 2 N–H and O–H groups in total. The van der Waals surface area contributed by atoms with Crippen molar-refractivity contribution in [2.24, 2.45) is 0 Å². The standard InChI is InChI=1S/C31H29Cl2FN8O/c32-21-4-1-19(2-5-21)30(29-16-42(40-38-29)24-9-11-41(12-10-24)25-17-43-18-25)36-22-6-3-20-15-35-39-31(26(20)13-22)37-23-7-8-28(34)27(33)14-23/h1-8,13-16,24-25,30,36H,9-12,17-18H2,(H,37,39)/t30-/m0/s1. The topological polar surface area (TPSA) is 93.0 Å². The van der Waals surface area contributed by atoms with Gasteiger partial charge in [-0.05, 0) is 60.9 Å². The van der Waals surface area contributed by atoms with E-state index in [2.05, 4.69) is 42.2 Å². The molecule has 0 bridgehead atoms. The minimum absolute atomic E-state index is 0.0259. The number of benzene rings is 3. The highest BCUT2D eigenvalue weighted by Gasteiger charge is 2.31. The quantitative estimate of drug-likeness (QED) is 0.200. The van der Waals surface area contributed by atoms with E-state index in [9.17, 15) is 4.39 Å². The molecule has 0 unspecified atom stereocenters. The number of ether oxygens (including phenoxy) is 1. The average Bonchev–Trinajstić information content (AvgIpc) is 3.48. The largest absolute Gasteiger partial charge is 0.378 e. The van der Waals surface area contributed by atoms with Crippen molar-refractivity contribution in [3.8, 4) is 0 Å². The van der Waals surface area contributed by atoms with Crippen LogP contribution in [-0.2, 0) is 4.74 Å². The maximum absolute atomic E-state index is 13.7. The molecule has 3 aromatic carbocycles. The maximum Gasteiger partial charge on any atom is 0.161 e. The Morgan fingerprint density at radius 2 is 1.70 bits per heavy atom. The third-order valence-electron chi connectivity index (χ3n) is 8.19. The fourth-order valence-electron chi connectivity index (χ4n) is 5.67. The summed E-state index contributed by atoms with van der Waals surface area (Å²) in [5, 5.41) is 26.9. The van der Waals surface area contributed by atoms with E-state index in [0.29, 0.717) is 28.6 Å². The Hall–Kier alpha value is -3.83. The van der Waals surface area contributed by atoms with Crippen LogP contribution < -0.4 is 10.6 Å². The third-order valence-corrected chi connectivity index (χ3v) is 8.74. The van der Waals surface area contributed by atoms with Crippen LogP contribution in [0.15, 0.2) is 73.1 Å². The molecule has 0 saturated carbocycles. The van der Waals surface area contributed by atoms with Gasteiger partial charge in [0.1, 0.15) is 11.5 Å². The van der Waals surface area contributed by atoms with Gasteiger partial charge in [0.25, 0.3) is 0 Å². The zero-order chi connectivity index (χ0) is 29.3. The van der Waals surface area contributed by atoms with Gasteiger partial charge in [0, 0.05) is 40.3 Å². The van der Waals surface area contributed by atoms with Crippen LogP contribution in [0.1, 0.15) is 36.2 Å². The first kappa shape index (κ1) is 28.0. The fourth-order valence-corrected chi connectivity index (χ4v) is 5.98. The Morgan fingerprint density at radius 1 is 0.907 bits per heavy atom. The van der Waals surface area contributed by atoms with Crippen LogP contribution >= 0.6 is 23.2 Å². The van der Waals surface area contributed by atoms with E-state index < -0.39 is 5.82 Å². The Kier molecular flexibility index (Phi) is 7.83. The summed E-state index contributed by atoms with van der Waals surface area (Å²) in [5.74, 6) is 0.0414. The molecule has 2 aromatic heterocycles. The zero-order valence-electron chi connectivity index (χ0n) is 23.1. The van der Waals surface area contributed by atoms with Crippen molar-refractivity contribution >= 4 is 51.2 Å². The van der Waals surface area contributed by atoms with E-state index in [0.717, 1.165) is 66.9 Å². The highest BCUT2D eigenvalue weighted by Crippen LogP contribution is 2.32. The fraction of sp³-hybridized carbons (Fsp3) is 0.290.